The van der Waals surface area contributed by atoms with E-state index in [4.69, 9.17) is 4.52 Å². The molecule has 126 valence electrons. The molecule has 2 amide bonds. The van der Waals surface area contributed by atoms with Crippen molar-refractivity contribution in [2.45, 2.75) is 25.7 Å². The maximum atomic E-state index is 13.4. The highest BCUT2D eigenvalue weighted by Gasteiger charge is 2.28. The standard InChI is InChI=1S/C17H18FN3O3/c1-10-2-3-12(8-13(10)18)16(22)19-6-7-20-17(23)14-9-15(24-21-14)11-4-5-11/h2-3,8-9,11H,4-7H2,1H3,(H,19,22)(H,20,23). The number of nitrogens with one attached hydrogen (secondary N) is 2. The Balaban J connectivity index is 1.43. The Hall–Kier alpha value is -2.70. The maximum Gasteiger partial charge on any atom is 0.273 e. The van der Waals surface area contributed by atoms with Gasteiger partial charge in [0.1, 0.15) is 11.6 Å². The molecule has 1 aromatic carbocycles. The van der Waals surface area contributed by atoms with E-state index in [9.17, 15) is 14.0 Å². The van der Waals surface area contributed by atoms with Crippen molar-refractivity contribution in [3.05, 3.63) is 52.7 Å². The number of hydrogen-bond donors (Lipinski definition) is 2. The summed E-state index contributed by atoms with van der Waals surface area (Å²) in [6, 6.07) is 5.95. The number of carbonyl (C=O) groups excluding carboxylic acids is 2. The molecule has 1 aromatic heterocycles. The van der Waals surface area contributed by atoms with Crippen LogP contribution >= 0.6 is 0 Å². The zero-order valence-electron chi connectivity index (χ0n) is 13.3. The van der Waals surface area contributed by atoms with Crippen molar-refractivity contribution >= 4 is 11.8 Å². The second kappa shape index (κ2) is 6.82. The molecule has 0 spiro atoms. The number of aromatic nitrogens is 1. The first kappa shape index (κ1) is 16.2. The summed E-state index contributed by atoms with van der Waals surface area (Å²) in [5.41, 5.74) is 0.968. The monoisotopic (exact) mass is 331 g/mol. The quantitative estimate of drug-likeness (QED) is 0.795. The molecule has 0 aliphatic heterocycles. The third-order valence-corrected chi connectivity index (χ3v) is 3.87. The van der Waals surface area contributed by atoms with Gasteiger partial charge in [0.15, 0.2) is 5.69 Å². The Morgan fingerprint density at radius 3 is 2.58 bits per heavy atom. The van der Waals surface area contributed by atoms with Crippen molar-refractivity contribution in [1.29, 1.82) is 0 Å². The Morgan fingerprint density at radius 2 is 1.92 bits per heavy atom. The topological polar surface area (TPSA) is 84.2 Å². The SMILES string of the molecule is Cc1ccc(C(=O)NCCNC(=O)c2cc(C3CC3)on2)cc1F. The van der Waals surface area contributed by atoms with Gasteiger partial charge in [-0.2, -0.15) is 0 Å². The van der Waals surface area contributed by atoms with Crippen LogP contribution in [0, 0.1) is 12.7 Å². The molecule has 7 heteroatoms. The summed E-state index contributed by atoms with van der Waals surface area (Å²) >= 11 is 0. The lowest BCUT2D eigenvalue weighted by atomic mass is 10.1. The Bertz CT molecular complexity index is 768. The maximum absolute atomic E-state index is 13.4. The molecule has 0 unspecified atom stereocenters. The fourth-order valence-corrected chi connectivity index (χ4v) is 2.24. The minimum atomic E-state index is -0.423. The molecule has 3 rings (SSSR count). The van der Waals surface area contributed by atoms with E-state index in [1.165, 1.54) is 6.07 Å². The van der Waals surface area contributed by atoms with Crippen molar-refractivity contribution in [3.63, 3.8) is 0 Å². The van der Waals surface area contributed by atoms with Gasteiger partial charge in [-0.1, -0.05) is 11.2 Å². The van der Waals surface area contributed by atoms with E-state index >= 15 is 0 Å². The number of nitrogens with zero attached hydrogens (tertiary/aromatic N) is 1. The number of amides is 2. The molecule has 0 atom stereocenters. The molecule has 0 saturated heterocycles. The molecular formula is C17H18FN3O3. The molecule has 2 aromatic rings. The molecule has 1 heterocycles. The van der Waals surface area contributed by atoms with Crippen LogP contribution in [-0.2, 0) is 0 Å². The van der Waals surface area contributed by atoms with Crippen LogP contribution in [0.15, 0.2) is 28.8 Å². The van der Waals surface area contributed by atoms with Gasteiger partial charge in [-0.3, -0.25) is 9.59 Å². The molecule has 0 bridgehead atoms. The summed E-state index contributed by atoms with van der Waals surface area (Å²) in [6.45, 7) is 2.10. The van der Waals surface area contributed by atoms with Crippen LogP contribution in [0.5, 0.6) is 0 Å². The van der Waals surface area contributed by atoms with Gasteiger partial charge in [0.2, 0.25) is 0 Å². The molecule has 1 fully saturated rings. The van der Waals surface area contributed by atoms with Gasteiger partial charge in [0, 0.05) is 30.6 Å². The Labute approximate surface area is 138 Å². The van der Waals surface area contributed by atoms with E-state index in [-0.39, 0.29) is 36.2 Å². The molecule has 1 aliphatic carbocycles. The average molecular weight is 331 g/mol. The predicted octanol–water partition coefficient (Wildman–Crippen LogP) is 2.16. The number of carbonyl (C=O) groups is 2. The van der Waals surface area contributed by atoms with Crippen LogP contribution in [0.1, 0.15) is 50.9 Å². The summed E-state index contributed by atoms with van der Waals surface area (Å²) in [5, 5.41) is 9.01. The lowest BCUT2D eigenvalue weighted by molar-refractivity contribution is 0.0922. The van der Waals surface area contributed by atoms with Gasteiger partial charge in [0.05, 0.1) is 0 Å². The molecule has 1 saturated carbocycles. The minimum absolute atomic E-state index is 0.230. The highest BCUT2D eigenvalue weighted by atomic mass is 19.1. The number of rotatable bonds is 6. The van der Waals surface area contributed by atoms with Gasteiger partial charge in [0.25, 0.3) is 11.8 Å². The lowest BCUT2D eigenvalue weighted by Crippen LogP contribution is -2.34. The van der Waals surface area contributed by atoms with Crippen LogP contribution in [0.3, 0.4) is 0 Å². The third-order valence-electron chi connectivity index (χ3n) is 3.87. The van der Waals surface area contributed by atoms with E-state index in [1.807, 2.05) is 0 Å². The highest BCUT2D eigenvalue weighted by molar-refractivity contribution is 5.94. The molecule has 0 radical (unpaired) electrons. The molecule has 6 nitrogen and oxygen atoms in total. The Morgan fingerprint density at radius 1 is 1.21 bits per heavy atom. The van der Waals surface area contributed by atoms with Gasteiger partial charge in [-0.25, -0.2) is 4.39 Å². The van der Waals surface area contributed by atoms with Crippen LogP contribution in [-0.4, -0.2) is 30.1 Å². The summed E-state index contributed by atoms with van der Waals surface area (Å²) in [4.78, 5) is 23.8. The first-order chi connectivity index (χ1) is 11.5. The average Bonchev–Trinajstić information content (AvgIpc) is 3.30. The molecule has 1 aliphatic rings. The Kier molecular flexibility index (Phi) is 4.59. The fourth-order valence-electron chi connectivity index (χ4n) is 2.24. The zero-order valence-corrected chi connectivity index (χ0v) is 13.3. The second-order valence-electron chi connectivity index (χ2n) is 5.86. The summed E-state index contributed by atoms with van der Waals surface area (Å²) < 4.78 is 18.5. The fraction of sp³-hybridized carbons (Fsp3) is 0.353. The van der Waals surface area contributed by atoms with Crippen LogP contribution in [0.4, 0.5) is 4.39 Å². The van der Waals surface area contributed by atoms with E-state index in [1.54, 1.807) is 25.1 Å². The van der Waals surface area contributed by atoms with Crippen LogP contribution < -0.4 is 10.6 Å². The van der Waals surface area contributed by atoms with Crippen molar-refractivity contribution < 1.29 is 18.5 Å². The van der Waals surface area contributed by atoms with Crippen LogP contribution in [0.2, 0.25) is 0 Å². The van der Waals surface area contributed by atoms with E-state index in [2.05, 4.69) is 15.8 Å². The lowest BCUT2D eigenvalue weighted by Gasteiger charge is -2.07. The molecule has 24 heavy (non-hydrogen) atoms. The van der Waals surface area contributed by atoms with Crippen LogP contribution in [0.25, 0.3) is 0 Å². The second-order valence-corrected chi connectivity index (χ2v) is 5.86. The predicted molar refractivity (Wildman–Crippen MR) is 84.3 cm³/mol. The minimum Gasteiger partial charge on any atom is -0.360 e. The van der Waals surface area contributed by atoms with Crippen molar-refractivity contribution in [1.82, 2.24) is 15.8 Å². The van der Waals surface area contributed by atoms with Crippen molar-refractivity contribution in [3.8, 4) is 0 Å². The zero-order chi connectivity index (χ0) is 17.1. The number of aryl methyl sites for hydroxylation is 1. The number of benzene rings is 1. The van der Waals surface area contributed by atoms with Gasteiger partial charge in [-0.05, 0) is 37.5 Å². The van der Waals surface area contributed by atoms with Gasteiger partial charge >= 0.3 is 0 Å². The molecule has 2 N–H and O–H groups in total. The normalized spacial score (nSPS) is 13.6. The van der Waals surface area contributed by atoms with E-state index < -0.39 is 5.82 Å². The molecular weight excluding hydrogens is 313 g/mol. The van der Waals surface area contributed by atoms with E-state index in [0.717, 1.165) is 18.6 Å². The van der Waals surface area contributed by atoms with Crippen molar-refractivity contribution in [2.75, 3.05) is 13.1 Å². The van der Waals surface area contributed by atoms with Gasteiger partial charge < -0.3 is 15.2 Å². The largest absolute Gasteiger partial charge is 0.360 e. The first-order valence-corrected chi connectivity index (χ1v) is 7.84. The number of hydrogen-bond acceptors (Lipinski definition) is 4. The summed E-state index contributed by atoms with van der Waals surface area (Å²) in [7, 11) is 0. The van der Waals surface area contributed by atoms with Crippen molar-refractivity contribution in [2.24, 2.45) is 0 Å². The first-order valence-electron chi connectivity index (χ1n) is 7.84. The third kappa shape index (κ3) is 3.79. The smallest absolute Gasteiger partial charge is 0.273 e. The van der Waals surface area contributed by atoms with E-state index in [0.29, 0.717) is 11.5 Å². The van der Waals surface area contributed by atoms with Gasteiger partial charge in [-0.15, -0.1) is 0 Å². The highest BCUT2D eigenvalue weighted by Crippen LogP contribution is 2.40. The summed E-state index contributed by atoms with van der Waals surface area (Å²) in [5.74, 6) is -0.0153. The number of halogens is 1. The summed E-state index contributed by atoms with van der Waals surface area (Å²) in [6.07, 6.45) is 2.14.